The minimum Gasteiger partial charge on any atom is -0.394 e. The van der Waals surface area contributed by atoms with E-state index in [9.17, 15) is 14.7 Å². The molecule has 1 aliphatic carbocycles. The molecule has 2 saturated heterocycles. The average Bonchev–Trinajstić information content (AvgIpc) is 2.74. The van der Waals surface area contributed by atoms with Crippen molar-refractivity contribution in [3.8, 4) is 11.8 Å². The van der Waals surface area contributed by atoms with Crippen molar-refractivity contribution in [2.24, 2.45) is 11.8 Å². The number of carbonyl (C=O) groups excluding carboxylic acids is 2. The highest BCUT2D eigenvalue weighted by Gasteiger charge is 2.54. The third-order valence-corrected chi connectivity index (χ3v) is 6.82. The zero-order valence-electron chi connectivity index (χ0n) is 18.0. The molecule has 3 aliphatic rings. The van der Waals surface area contributed by atoms with Gasteiger partial charge in [-0.2, -0.15) is 0 Å². The van der Waals surface area contributed by atoms with Crippen LogP contribution in [0.2, 0.25) is 0 Å². The van der Waals surface area contributed by atoms with E-state index in [-0.39, 0.29) is 48.9 Å². The Hall–Kier alpha value is -2.32. The van der Waals surface area contributed by atoms with Gasteiger partial charge in [0.25, 0.3) is 0 Å². The Kier molecular flexibility index (Phi) is 6.15. The number of carbonyl (C=O) groups is 2. The summed E-state index contributed by atoms with van der Waals surface area (Å²) in [5.41, 5.74) is 2.07. The van der Waals surface area contributed by atoms with Crippen LogP contribution in [0.5, 0.6) is 0 Å². The smallest absolute Gasteiger partial charge is 0.242 e. The molecule has 4 rings (SSSR count). The fourth-order valence-electron chi connectivity index (χ4n) is 5.29. The second-order valence-electron chi connectivity index (χ2n) is 9.24. The Balaban J connectivity index is 1.51. The highest BCUT2D eigenvalue weighted by molar-refractivity contribution is 5.88. The van der Waals surface area contributed by atoms with Crippen LogP contribution in [0.25, 0.3) is 0 Å². The Bertz CT molecular complexity index is 845. The summed E-state index contributed by atoms with van der Waals surface area (Å²) in [4.78, 5) is 29.4. The summed E-state index contributed by atoms with van der Waals surface area (Å²) in [5.74, 6) is 6.90. The number of nitrogens with zero attached hydrogens (tertiary/aromatic N) is 2. The van der Waals surface area contributed by atoms with Gasteiger partial charge in [0, 0.05) is 29.9 Å². The van der Waals surface area contributed by atoms with Gasteiger partial charge in [0.15, 0.2) is 0 Å². The van der Waals surface area contributed by atoms with Gasteiger partial charge in [-0.1, -0.05) is 57.1 Å². The number of rotatable bonds is 3. The van der Waals surface area contributed by atoms with Crippen LogP contribution in [0.1, 0.15) is 63.0 Å². The van der Waals surface area contributed by atoms with Crippen molar-refractivity contribution in [3.63, 3.8) is 0 Å². The van der Waals surface area contributed by atoms with Gasteiger partial charge in [-0.05, 0) is 30.5 Å². The topological polar surface area (TPSA) is 60.9 Å². The predicted octanol–water partition coefficient (Wildman–Crippen LogP) is 2.77. The SMILES string of the molecule is CC(C)C#Cc1ccc([C@@H]2[C@H]3CN(C(=O)C4CCCCC4)CC(=O)N3[C@H]2CO)cc1. The quantitative estimate of drug-likeness (QED) is 0.783. The third kappa shape index (κ3) is 3.98. The second kappa shape index (κ2) is 8.81. The molecule has 1 saturated carbocycles. The van der Waals surface area contributed by atoms with Crippen LogP contribution in [0.15, 0.2) is 24.3 Å². The maximum Gasteiger partial charge on any atom is 0.242 e. The maximum atomic E-state index is 13.0. The Labute approximate surface area is 179 Å². The minimum atomic E-state index is -0.206. The van der Waals surface area contributed by atoms with Crippen molar-refractivity contribution in [2.75, 3.05) is 19.7 Å². The van der Waals surface area contributed by atoms with Gasteiger partial charge in [-0.15, -0.1) is 0 Å². The molecular weight excluding hydrogens is 376 g/mol. The molecule has 0 bridgehead atoms. The van der Waals surface area contributed by atoms with E-state index in [1.807, 2.05) is 17.0 Å². The zero-order chi connectivity index (χ0) is 21.3. The van der Waals surface area contributed by atoms with Crippen molar-refractivity contribution in [1.82, 2.24) is 9.80 Å². The number of piperazine rings is 1. The number of fused-ring (bicyclic) bond motifs is 1. The van der Waals surface area contributed by atoms with Crippen molar-refractivity contribution in [3.05, 3.63) is 35.4 Å². The van der Waals surface area contributed by atoms with Crippen LogP contribution in [-0.4, -0.2) is 58.5 Å². The molecule has 5 heteroatoms. The molecule has 2 amide bonds. The molecule has 30 heavy (non-hydrogen) atoms. The van der Waals surface area contributed by atoms with Gasteiger partial charge in [0.2, 0.25) is 11.8 Å². The maximum absolute atomic E-state index is 13.0. The van der Waals surface area contributed by atoms with E-state index in [2.05, 4.69) is 37.8 Å². The molecule has 1 N–H and O–H groups in total. The van der Waals surface area contributed by atoms with Crippen LogP contribution in [-0.2, 0) is 9.59 Å². The molecule has 0 radical (unpaired) electrons. The number of benzene rings is 1. The van der Waals surface area contributed by atoms with Crippen molar-refractivity contribution < 1.29 is 14.7 Å². The lowest BCUT2D eigenvalue weighted by Gasteiger charge is -2.59. The molecule has 160 valence electrons. The summed E-state index contributed by atoms with van der Waals surface area (Å²) < 4.78 is 0. The molecule has 0 aromatic heterocycles. The van der Waals surface area contributed by atoms with Gasteiger partial charge in [0.05, 0.1) is 25.2 Å². The summed E-state index contributed by atoms with van der Waals surface area (Å²) in [5, 5.41) is 9.96. The number of hydrogen-bond acceptors (Lipinski definition) is 3. The second-order valence-corrected chi connectivity index (χ2v) is 9.24. The first kappa shape index (κ1) is 20.9. The number of hydrogen-bond donors (Lipinski definition) is 1. The molecule has 3 fully saturated rings. The summed E-state index contributed by atoms with van der Waals surface area (Å²) in [7, 11) is 0. The van der Waals surface area contributed by atoms with Gasteiger partial charge >= 0.3 is 0 Å². The first-order valence-electron chi connectivity index (χ1n) is 11.3. The van der Waals surface area contributed by atoms with Crippen LogP contribution in [0.4, 0.5) is 0 Å². The highest BCUT2D eigenvalue weighted by Crippen LogP contribution is 2.43. The summed E-state index contributed by atoms with van der Waals surface area (Å²) >= 11 is 0. The standard InChI is InChI=1S/C25H32N2O3/c1-17(2)8-9-18-10-12-19(13-11-18)24-21-14-26(15-23(29)27(21)22(24)16-28)25(30)20-6-4-3-5-7-20/h10-13,17,20-22,24,28H,3-7,14-16H2,1-2H3/t21-,22+,24-/m1/s1. The number of aliphatic hydroxyl groups excluding tert-OH is 1. The summed E-state index contributed by atoms with van der Waals surface area (Å²) in [6.07, 6.45) is 5.31. The Morgan fingerprint density at radius 1 is 1.17 bits per heavy atom. The average molecular weight is 409 g/mol. The first-order chi connectivity index (χ1) is 14.5. The molecule has 0 spiro atoms. The monoisotopic (exact) mass is 408 g/mol. The van der Waals surface area contributed by atoms with Crippen LogP contribution < -0.4 is 0 Å². The zero-order valence-corrected chi connectivity index (χ0v) is 18.0. The lowest BCUT2D eigenvalue weighted by atomic mass is 9.73. The van der Waals surface area contributed by atoms with E-state index in [1.165, 1.54) is 6.42 Å². The fraction of sp³-hybridized carbons (Fsp3) is 0.600. The largest absolute Gasteiger partial charge is 0.394 e. The van der Waals surface area contributed by atoms with Crippen molar-refractivity contribution in [2.45, 2.75) is 64.0 Å². The van der Waals surface area contributed by atoms with E-state index < -0.39 is 0 Å². The summed E-state index contributed by atoms with van der Waals surface area (Å²) in [6, 6.07) is 7.88. The van der Waals surface area contributed by atoms with Gasteiger partial charge in [-0.25, -0.2) is 0 Å². The van der Waals surface area contributed by atoms with Gasteiger partial charge in [-0.3, -0.25) is 9.59 Å². The summed E-state index contributed by atoms with van der Waals surface area (Å²) in [6.45, 7) is 4.79. The lowest BCUT2D eigenvalue weighted by Crippen LogP contribution is -2.73. The molecule has 1 aromatic carbocycles. The normalized spacial score (nSPS) is 26.7. The minimum absolute atomic E-state index is 0.0369. The van der Waals surface area contributed by atoms with Crippen molar-refractivity contribution >= 4 is 11.8 Å². The molecule has 5 nitrogen and oxygen atoms in total. The fourth-order valence-corrected chi connectivity index (χ4v) is 5.29. The molecule has 2 aliphatic heterocycles. The van der Waals surface area contributed by atoms with Crippen LogP contribution in [0, 0.1) is 23.7 Å². The first-order valence-corrected chi connectivity index (χ1v) is 11.3. The molecule has 1 aromatic rings. The van der Waals surface area contributed by atoms with Gasteiger partial charge in [0.1, 0.15) is 0 Å². The number of amides is 2. The number of aliphatic hydroxyl groups is 1. The predicted molar refractivity (Wildman–Crippen MR) is 116 cm³/mol. The third-order valence-electron chi connectivity index (χ3n) is 6.82. The Morgan fingerprint density at radius 2 is 1.87 bits per heavy atom. The Morgan fingerprint density at radius 3 is 2.50 bits per heavy atom. The van der Waals surface area contributed by atoms with E-state index in [0.29, 0.717) is 12.5 Å². The van der Waals surface area contributed by atoms with Crippen LogP contribution in [0.3, 0.4) is 0 Å². The van der Waals surface area contributed by atoms with E-state index in [1.54, 1.807) is 4.90 Å². The lowest BCUT2D eigenvalue weighted by molar-refractivity contribution is -0.168. The van der Waals surface area contributed by atoms with E-state index in [0.717, 1.165) is 36.8 Å². The molecule has 2 heterocycles. The van der Waals surface area contributed by atoms with E-state index in [4.69, 9.17) is 0 Å². The highest BCUT2D eigenvalue weighted by atomic mass is 16.3. The van der Waals surface area contributed by atoms with Gasteiger partial charge < -0.3 is 14.9 Å². The van der Waals surface area contributed by atoms with E-state index >= 15 is 0 Å². The van der Waals surface area contributed by atoms with Crippen molar-refractivity contribution in [1.29, 1.82) is 0 Å². The molecule has 0 unspecified atom stereocenters. The molecule has 3 atom stereocenters. The van der Waals surface area contributed by atoms with Crippen LogP contribution >= 0.6 is 0 Å². The molecular formula is C25H32N2O3.